The number of nitro benzene ring substituents is 1. The highest BCUT2D eigenvalue weighted by Gasteiger charge is 2.29. The molecule has 0 spiro atoms. The van der Waals surface area contributed by atoms with Crippen LogP contribution in [0.4, 0.5) is 5.69 Å². The van der Waals surface area contributed by atoms with Crippen molar-refractivity contribution in [3.05, 3.63) is 51.4 Å². The van der Waals surface area contributed by atoms with E-state index in [9.17, 15) is 18.5 Å². The molecule has 2 rings (SSSR count). The number of para-hydroxylation sites is 1. The van der Waals surface area contributed by atoms with Gasteiger partial charge in [-0.1, -0.05) is 23.4 Å². The van der Waals surface area contributed by atoms with Gasteiger partial charge in [-0.3, -0.25) is 10.1 Å². The maximum atomic E-state index is 12.6. The third-order valence-corrected chi connectivity index (χ3v) is 5.27. The fourth-order valence-electron chi connectivity index (χ4n) is 2.15. The first kappa shape index (κ1) is 16.1. The van der Waals surface area contributed by atoms with Gasteiger partial charge >= 0.3 is 0 Å². The molecule has 0 amide bonds. The highest BCUT2D eigenvalue weighted by molar-refractivity contribution is 7.89. The fourth-order valence-corrected chi connectivity index (χ4v) is 3.58. The van der Waals surface area contributed by atoms with Crippen molar-refractivity contribution >= 4 is 15.7 Å². The molecule has 0 aliphatic heterocycles. The molecule has 0 saturated heterocycles. The third-order valence-electron chi connectivity index (χ3n) is 3.22. The number of aromatic nitrogens is 1. The number of nitro groups is 1. The Bertz CT molecular complexity index is 793. The summed E-state index contributed by atoms with van der Waals surface area (Å²) in [5, 5.41) is 14.6. The number of sulfonamides is 1. The molecule has 0 fully saturated rings. The molecule has 0 radical (unpaired) electrons. The van der Waals surface area contributed by atoms with Crippen LogP contribution >= 0.6 is 0 Å². The summed E-state index contributed by atoms with van der Waals surface area (Å²) in [5.41, 5.74) is 0.445. The summed E-state index contributed by atoms with van der Waals surface area (Å²) in [6, 6.07) is 6.02. The minimum Gasteiger partial charge on any atom is -0.360 e. The van der Waals surface area contributed by atoms with Crippen molar-refractivity contribution in [3.8, 4) is 0 Å². The van der Waals surface area contributed by atoms with Gasteiger partial charge in [0.2, 0.25) is 10.0 Å². The summed E-state index contributed by atoms with van der Waals surface area (Å²) in [7, 11) is -2.48. The van der Waals surface area contributed by atoms with Gasteiger partial charge in [-0.15, -0.1) is 0 Å². The first-order valence-corrected chi connectivity index (χ1v) is 7.80. The second-order valence-electron chi connectivity index (χ2n) is 4.80. The van der Waals surface area contributed by atoms with Crippen molar-refractivity contribution in [3.63, 3.8) is 0 Å². The van der Waals surface area contributed by atoms with Crippen molar-refractivity contribution in [2.75, 3.05) is 7.05 Å². The predicted molar refractivity (Wildman–Crippen MR) is 77.7 cm³/mol. The van der Waals surface area contributed by atoms with E-state index >= 15 is 0 Å². The van der Waals surface area contributed by atoms with Crippen LogP contribution in [0.15, 0.2) is 33.7 Å². The average molecular weight is 325 g/mol. The van der Waals surface area contributed by atoms with Gasteiger partial charge < -0.3 is 4.52 Å². The van der Waals surface area contributed by atoms with Crippen LogP contribution < -0.4 is 0 Å². The SMILES string of the molecule is Cc1noc(C)c1S(=O)(=O)N(C)Cc1ccccc1[N+](=O)[O-]. The first-order chi connectivity index (χ1) is 10.2. The van der Waals surface area contributed by atoms with E-state index in [1.807, 2.05) is 0 Å². The maximum absolute atomic E-state index is 12.6. The van der Waals surface area contributed by atoms with Crippen LogP contribution in [0.25, 0.3) is 0 Å². The van der Waals surface area contributed by atoms with Crippen molar-refractivity contribution in [1.29, 1.82) is 0 Å². The molecule has 8 nitrogen and oxygen atoms in total. The molecule has 0 unspecified atom stereocenters. The standard InChI is InChI=1S/C13H15N3O5S/c1-9-13(10(2)21-14-9)22(19,20)15(3)8-11-6-4-5-7-12(11)16(17)18/h4-7H,8H2,1-3H3. The molecule has 2 aromatic rings. The van der Waals surface area contributed by atoms with E-state index < -0.39 is 14.9 Å². The van der Waals surface area contributed by atoms with Gasteiger partial charge in [0.1, 0.15) is 10.6 Å². The van der Waals surface area contributed by atoms with Gasteiger partial charge in [-0.2, -0.15) is 4.31 Å². The van der Waals surface area contributed by atoms with Gasteiger partial charge in [0.25, 0.3) is 5.69 Å². The Labute approximate surface area is 127 Å². The van der Waals surface area contributed by atoms with Crippen molar-refractivity contribution in [2.24, 2.45) is 0 Å². The Hall–Kier alpha value is -2.26. The molecular weight excluding hydrogens is 310 g/mol. The molecule has 0 aliphatic carbocycles. The number of hydrogen-bond acceptors (Lipinski definition) is 6. The van der Waals surface area contributed by atoms with Gasteiger partial charge in [0.15, 0.2) is 5.76 Å². The Kier molecular flexibility index (Phi) is 4.29. The van der Waals surface area contributed by atoms with Gasteiger partial charge in [-0.25, -0.2) is 8.42 Å². The van der Waals surface area contributed by atoms with E-state index in [-0.39, 0.29) is 28.6 Å². The van der Waals surface area contributed by atoms with Crippen LogP contribution in [-0.2, 0) is 16.6 Å². The van der Waals surface area contributed by atoms with Gasteiger partial charge in [0.05, 0.1) is 4.92 Å². The van der Waals surface area contributed by atoms with Gasteiger partial charge in [-0.05, 0) is 13.8 Å². The largest absolute Gasteiger partial charge is 0.360 e. The molecule has 0 bridgehead atoms. The van der Waals surface area contributed by atoms with Gasteiger partial charge in [0, 0.05) is 25.2 Å². The molecule has 0 aliphatic rings. The topological polar surface area (TPSA) is 107 Å². The Morgan fingerprint density at radius 2 is 1.95 bits per heavy atom. The Morgan fingerprint density at radius 1 is 1.32 bits per heavy atom. The Balaban J connectivity index is 2.38. The highest BCUT2D eigenvalue weighted by atomic mass is 32.2. The molecule has 22 heavy (non-hydrogen) atoms. The summed E-state index contributed by atoms with van der Waals surface area (Å²) in [4.78, 5) is 10.5. The van der Waals surface area contributed by atoms with E-state index in [0.29, 0.717) is 5.56 Å². The van der Waals surface area contributed by atoms with Crippen LogP contribution in [0.2, 0.25) is 0 Å². The number of hydrogen-bond donors (Lipinski definition) is 0. The quantitative estimate of drug-likeness (QED) is 0.615. The summed E-state index contributed by atoms with van der Waals surface area (Å²) >= 11 is 0. The molecule has 0 saturated carbocycles. The summed E-state index contributed by atoms with van der Waals surface area (Å²) in [5.74, 6) is 0.187. The zero-order chi connectivity index (χ0) is 16.5. The third kappa shape index (κ3) is 2.85. The highest BCUT2D eigenvalue weighted by Crippen LogP contribution is 2.25. The zero-order valence-corrected chi connectivity index (χ0v) is 13.1. The van der Waals surface area contributed by atoms with Crippen LogP contribution in [-0.4, -0.2) is 29.9 Å². The molecule has 0 atom stereocenters. The lowest BCUT2D eigenvalue weighted by Crippen LogP contribution is -2.27. The van der Waals surface area contributed by atoms with Crippen molar-refractivity contribution in [2.45, 2.75) is 25.3 Å². The van der Waals surface area contributed by atoms with Crippen LogP contribution in [0.5, 0.6) is 0 Å². The fraction of sp³-hybridized carbons (Fsp3) is 0.308. The number of benzene rings is 1. The lowest BCUT2D eigenvalue weighted by Gasteiger charge is -2.16. The first-order valence-electron chi connectivity index (χ1n) is 6.36. The lowest BCUT2D eigenvalue weighted by atomic mass is 10.2. The van der Waals surface area contributed by atoms with E-state index in [4.69, 9.17) is 4.52 Å². The molecule has 118 valence electrons. The van der Waals surface area contributed by atoms with E-state index in [0.717, 1.165) is 4.31 Å². The second kappa shape index (κ2) is 5.85. The average Bonchev–Trinajstić information content (AvgIpc) is 2.78. The summed E-state index contributed by atoms with van der Waals surface area (Å²) < 4.78 is 31.1. The molecule has 1 aromatic heterocycles. The van der Waals surface area contributed by atoms with Crippen LogP contribution in [0.3, 0.4) is 0 Å². The minimum absolute atomic E-state index is 0.00594. The molecule has 1 aromatic carbocycles. The van der Waals surface area contributed by atoms with E-state index in [1.54, 1.807) is 6.07 Å². The predicted octanol–water partition coefficient (Wildman–Crippen LogP) is 2.02. The monoisotopic (exact) mass is 325 g/mol. The van der Waals surface area contributed by atoms with Crippen molar-refractivity contribution in [1.82, 2.24) is 9.46 Å². The summed E-state index contributed by atoms with van der Waals surface area (Å²) in [6.07, 6.45) is 0. The number of aryl methyl sites for hydroxylation is 2. The maximum Gasteiger partial charge on any atom is 0.273 e. The Morgan fingerprint density at radius 3 is 2.50 bits per heavy atom. The number of rotatable bonds is 5. The normalized spacial score (nSPS) is 11.8. The molecular formula is C13H15N3O5S. The van der Waals surface area contributed by atoms with Crippen LogP contribution in [0.1, 0.15) is 17.0 Å². The minimum atomic E-state index is -3.84. The lowest BCUT2D eigenvalue weighted by molar-refractivity contribution is -0.385. The van der Waals surface area contributed by atoms with Crippen LogP contribution in [0, 0.1) is 24.0 Å². The van der Waals surface area contributed by atoms with E-state index in [2.05, 4.69) is 5.16 Å². The molecule has 0 N–H and O–H groups in total. The smallest absolute Gasteiger partial charge is 0.273 e. The molecule has 1 heterocycles. The van der Waals surface area contributed by atoms with Crippen molar-refractivity contribution < 1.29 is 17.9 Å². The molecule has 9 heteroatoms. The zero-order valence-electron chi connectivity index (χ0n) is 12.3. The second-order valence-corrected chi connectivity index (χ2v) is 6.78. The number of nitrogens with zero attached hydrogens (tertiary/aromatic N) is 3. The van der Waals surface area contributed by atoms with E-state index in [1.165, 1.54) is 39.1 Å². The summed E-state index contributed by atoms with van der Waals surface area (Å²) in [6.45, 7) is 2.91.